The van der Waals surface area contributed by atoms with Crippen LogP contribution in [-0.4, -0.2) is 38.2 Å². The summed E-state index contributed by atoms with van der Waals surface area (Å²) in [6.45, 7) is 2.88. The SMILES string of the molecule is COc1ccc(Br)cc1C(c1cc(C(F)(F)F)ccc1Cl)N1CCNCC1. The van der Waals surface area contributed by atoms with Gasteiger partial charge in [0.15, 0.2) is 0 Å². The molecule has 1 N–H and O–H groups in total. The van der Waals surface area contributed by atoms with E-state index >= 15 is 0 Å². The summed E-state index contributed by atoms with van der Waals surface area (Å²) >= 11 is 9.84. The fourth-order valence-electron chi connectivity index (χ4n) is 3.35. The Morgan fingerprint density at radius 1 is 1.11 bits per heavy atom. The molecule has 3 nitrogen and oxygen atoms in total. The maximum Gasteiger partial charge on any atom is 0.416 e. The van der Waals surface area contributed by atoms with E-state index in [1.54, 1.807) is 13.2 Å². The minimum absolute atomic E-state index is 0.300. The zero-order chi connectivity index (χ0) is 19.6. The van der Waals surface area contributed by atoms with E-state index < -0.39 is 17.8 Å². The molecule has 1 saturated heterocycles. The quantitative estimate of drug-likeness (QED) is 0.681. The Bertz CT molecular complexity index is 810. The van der Waals surface area contributed by atoms with Crippen LogP contribution in [0.2, 0.25) is 5.02 Å². The van der Waals surface area contributed by atoms with Crippen LogP contribution in [0.1, 0.15) is 22.7 Å². The van der Waals surface area contributed by atoms with E-state index in [2.05, 4.69) is 26.1 Å². The molecule has 0 spiro atoms. The number of nitrogens with one attached hydrogen (secondary N) is 1. The van der Waals surface area contributed by atoms with Gasteiger partial charge in [-0.3, -0.25) is 4.90 Å². The molecule has 0 radical (unpaired) electrons. The number of hydrogen-bond donors (Lipinski definition) is 1. The molecule has 0 aromatic heterocycles. The van der Waals surface area contributed by atoms with Crippen LogP contribution in [0.25, 0.3) is 0 Å². The molecule has 3 rings (SSSR count). The molecule has 2 aromatic carbocycles. The van der Waals surface area contributed by atoms with Gasteiger partial charge in [0.1, 0.15) is 5.75 Å². The summed E-state index contributed by atoms with van der Waals surface area (Å²) in [6, 6.07) is 8.55. The van der Waals surface area contributed by atoms with Crippen LogP contribution in [-0.2, 0) is 6.18 Å². The lowest BCUT2D eigenvalue weighted by molar-refractivity contribution is -0.137. The molecule has 1 unspecified atom stereocenters. The molecule has 146 valence electrons. The highest BCUT2D eigenvalue weighted by Gasteiger charge is 2.34. The minimum Gasteiger partial charge on any atom is -0.496 e. The molecule has 1 aliphatic rings. The molecule has 1 heterocycles. The Morgan fingerprint density at radius 3 is 2.44 bits per heavy atom. The van der Waals surface area contributed by atoms with Crippen LogP contribution in [0, 0.1) is 0 Å². The summed E-state index contributed by atoms with van der Waals surface area (Å²) in [6.07, 6.45) is -4.44. The van der Waals surface area contributed by atoms with Crippen LogP contribution in [0.15, 0.2) is 40.9 Å². The highest BCUT2D eigenvalue weighted by molar-refractivity contribution is 9.10. The number of benzene rings is 2. The van der Waals surface area contributed by atoms with Crippen molar-refractivity contribution < 1.29 is 17.9 Å². The standard InChI is InChI=1S/C19H19BrClF3N2O/c1-27-17-5-3-13(20)11-15(17)18(26-8-6-25-7-9-26)14-10-12(19(22,23)24)2-4-16(14)21/h2-5,10-11,18,25H,6-9H2,1H3. The summed E-state index contributed by atoms with van der Waals surface area (Å²) in [5, 5.41) is 3.57. The molecular formula is C19H19BrClF3N2O. The molecule has 1 aliphatic heterocycles. The lowest BCUT2D eigenvalue weighted by Gasteiger charge is -2.36. The Kier molecular flexibility index (Phi) is 6.35. The van der Waals surface area contributed by atoms with Crippen LogP contribution in [0.3, 0.4) is 0 Å². The van der Waals surface area contributed by atoms with Gasteiger partial charge in [-0.1, -0.05) is 27.5 Å². The van der Waals surface area contributed by atoms with Gasteiger partial charge < -0.3 is 10.1 Å². The van der Waals surface area contributed by atoms with E-state index in [-0.39, 0.29) is 0 Å². The lowest BCUT2D eigenvalue weighted by atomic mass is 9.94. The molecular weight excluding hydrogens is 445 g/mol. The van der Waals surface area contributed by atoms with Crippen LogP contribution >= 0.6 is 27.5 Å². The molecule has 1 fully saturated rings. The zero-order valence-electron chi connectivity index (χ0n) is 14.6. The predicted molar refractivity (Wildman–Crippen MR) is 103 cm³/mol. The topological polar surface area (TPSA) is 24.5 Å². The summed E-state index contributed by atoms with van der Waals surface area (Å²) in [7, 11) is 1.55. The predicted octanol–water partition coefficient (Wildman–Crippen LogP) is 5.12. The van der Waals surface area contributed by atoms with Crippen LogP contribution in [0.5, 0.6) is 5.75 Å². The van der Waals surface area contributed by atoms with Crippen molar-refractivity contribution >= 4 is 27.5 Å². The van der Waals surface area contributed by atoms with Crippen molar-refractivity contribution in [3.63, 3.8) is 0 Å². The summed E-state index contributed by atoms with van der Waals surface area (Å²) < 4.78 is 46.3. The first-order chi connectivity index (χ1) is 12.8. The highest BCUT2D eigenvalue weighted by atomic mass is 79.9. The van der Waals surface area contributed by atoms with Crippen molar-refractivity contribution in [1.82, 2.24) is 10.2 Å². The number of nitrogens with zero attached hydrogens (tertiary/aromatic N) is 1. The van der Waals surface area contributed by atoms with Crippen molar-refractivity contribution in [2.24, 2.45) is 0 Å². The largest absolute Gasteiger partial charge is 0.496 e. The van der Waals surface area contributed by atoms with E-state index in [9.17, 15) is 13.2 Å². The first-order valence-electron chi connectivity index (χ1n) is 8.46. The third-order valence-corrected chi connectivity index (χ3v) is 5.46. The van der Waals surface area contributed by atoms with E-state index in [0.29, 0.717) is 29.4 Å². The first-order valence-corrected chi connectivity index (χ1v) is 9.63. The van der Waals surface area contributed by atoms with Gasteiger partial charge in [0.25, 0.3) is 0 Å². The Labute approximate surface area is 169 Å². The monoisotopic (exact) mass is 462 g/mol. The number of piperazine rings is 1. The molecule has 27 heavy (non-hydrogen) atoms. The number of halogens is 5. The van der Waals surface area contributed by atoms with Gasteiger partial charge in [-0.2, -0.15) is 13.2 Å². The highest BCUT2D eigenvalue weighted by Crippen LogP contribution is 2.41. The molecule has 0 amide bonds. The van der Waals surface area contributed by atoms with Crippen LogP contribution in [0.4, 0.5) is 13.2 Å². The van der Waals surface area contributed by atoms with Crippen molar-refractivity contribution in [3.05, 3.63) is 62.6 Å². The van der Waals surface area contributed by atoms with Crippen molar-refractivity contribution in [1.29, 1.82) is 0 Å². The average molecular weight is 464 g/mol. The Balaban J connectivity index is 2.18. The van der Waals surface area contributed by atoms with Gasteiger partial charge in [0.2, 0.25) is 0 Å². The third kappa shape index (κ3) is 4.59. The lowest BCUT2D eigenvalue weighted by Crippen LogP contribution is -2.45. The maximum atomic E-state index is 13.3. The second kappa shape index (κ2) is 8.39. The summed E-state index contributed by atoms with van der Waals surface area (Å²) in [4.78, 5) is 2.13. The smallest absolute Gasteiger partial charge is 0.416 e. The Hall–Kier alpha value is -1.28. The van der Waals surface area contributed by atoms with E-state index in [4.69, 9.17) is 16.3 Å². The number of ether oxygens (including phenoxy) is 1. The summed E-state index contributed by atoms with van der Waals surface area (Å²) in [5.74, 6) is 0.607. The zero-order valence-corrected chi connectivity index (χ0v) is 17.0. The fourth-order valence-corrected chi connectivity index (χ4v) is 3.95. The fraction of sp³-hybridized carbons (Fsp3) is 0.368. The average Bonchev–Trinajstić information content (AvgIpc) is 2.64. The van der Waals surface area contributed by atoms with Crippen molar-refractivity contribution in [2.45, 2.75) is 12.2 Å². The van der Waals surface area contributed by atoms with Crippen molar-refractivity contribution in [2.75, 3.05) is 33.3 Å². The number of hydrogen-bond acceptors (Lipinski definition) is 3. The van der Waals surface area contributed by atoms with Gasteiger partial charge in [0, 0.05) is 41.2 Å². The number of rotatable bonds is 4. The third-order valence-electron chi connectivity index (χ3n) is 4.62. The van der Waals surface area contributed by atoms with E-state index in [1.165, 1.54) is 6.07 Å². The van der Waals surface area contributed by atoms with Gasteiger partial charge in [-0.25, -0.2) is 0 Å². The molecule has 2 aromatic rings. The molecule has 8 heteroatoms. The van der Waals surface area contributed by atoms with Crippen LogP contribution < -0.4 is 10.1 Å². The molecule has 0 bridgehead atoms. The van der Waals surface area contributed by atoms with Gasteiger partial charge in [0.05, 0.1) is 18.7 Å². The second-order valence-electron chi connectivity index (χ2n) is 6.31. The second-order valence-corrected chi connectivity index (χ2v) is 7.63. The maximum absolute atomic E-state index is 13.3. The van der Waals surface area contributed by atoms with Gasteiger partial charge in [-0.15, -0.1) is 0 Å². The Morgan fingerprint density at radius 2 is 1.81 bits per heavy atom. The number of methoxy groups -OCH3 is 1. The number of alkyl halides is 3. The van der Waals surface area contributed by atoms with Gasteiger partial charge >= 0.3 is 6.18 Å². The van der Waals surface area contributed by atoms with Crippen molar-refractivity contribution in [3.8, 4) is 5.75 Å². The van der Waals surface area contributed by atoms with E-state index in [1.807, 2.05) is 12.1 Å². The molecule has 0 aliphatic carbocycles. The minimum atomic E-state index is -4.44. The van der Waals surface area contributed by atoms with Gasteiger partial charge in [-0.05, 0) is 42.0 Å². The van der Waals surface area contributed by atoms with E-state index in [0.717, 1.165) is 35.3 Å². The summed E-state index contributed by atoms with van der Waals surface area (Å²) in [5.41, 5.74) is 0.482. The molecule has 1 atom stereocenters. The first kappa shape index (κ1) is 20.5. The molecule has 0 saturated carbocycles. The normalized spacial score (nSPS) is 17.0.